The Hall–Kier alpha value is -1.40. The van der Waals surface area contributed by atoms with Crippen molar-refractivity contribution in [1.82, 2.24) is 4.98 Å². The molecular formula is C14H16N2O2S2. The number of carboxylic acid groups (broad SMARTS) is 1. The molecule has 2 N–H and O–H groups in total. The molecule has 0 saturated carbocycles. The second-order valence-corrected chi connectivity index (χ2v) is 6.78. The SMILES string of the molecule is O=C(O)CCc1csc(NC2CCCc3sccc32)n1. The van der Waals surface area contributed by atoms with Gasteiger partial charge >= 0.3 is 5.97 Å². The molecular weight excluding hydrogens is 292 g/mol. The third-order valence-corrected chi connectivity index (χ3v) is 5.32. The fourth-order valence-corrected chi connectivity index (χ4v) is 4.29. The number of hydrogen-bond acceptors (Lipinski definition) is 5. The monoisotopic (exact) mass is 308 g/mol. The zero-order valence-electron chi connectivity index (χ0n) is 11.0. The molecule has 0 amide bonds. The Morgan fingerprint density at radius 2 is 2.40 bits per heavy atom. The Labute approximate surface area is 125 Å². The lowest BCUT2D eigenvalue weighted by molar-refractivity contribution is -0.136. The van der Waals surface area contributed by atoms with Gasteiger partial charge in [0.05, 0.1) is 18.2 Å². The maximum absolute atomic E-state index is 10.6. The molecule has 1 unspecified atom stereocenters. The van der Waals surface area contributed by atoms with Gasteiger partial charge in [0, 0.05) is 16.7 Å². The molecule has 0 aliphatic heterocycles. The number of thiophene rings is 1. The van der Waals surface area contributed by atoms with Crippen LogP contribution in [0.1, 0.15) is 41.4 Å². The molecule has 0 radical (unpaired) electrons. The van der Waals surface area contributed by atoms with E-state index in [-0.39, 0.29) is 6.42 Å². The molecule has 2 aromatic heterocycles. The Bertz CT molecular complexity index is 606. The molecule has 1 aliphatic carbocycles. The Balaban J connectivity index is 1.66. The van der Waals surface area contributed by atoms with Gasteiger partial charge in [-0.25, -0.2) is 4.98 Å². The van der Waals surface area contributed by atoms with E-state index in [1.54, 1.807) is 11.3 Å². The van der Waals surface area contributed by atoms with Crippen molar-refractivity contribution in [3.8, 4) is 0 Å². The topological polar surface area (TPSA) is 62.2 Å². The van der Waals surface area contributed by atoms with Crippen LogP contribution in [-0.4, -0.2) is 16.1 Å². The van der Waals surface area contributed by atoms with Crippen molar-refractivity contribution in [1.29, 1.82) is 0 Å². The van der Waals surface area contributed by atoms with Crippen LogP contribution in [-0.2, 0) is 17.6 Å². The molecule has 2 heterocycles. The molecule has 1 aliphatic rings. The van der Waals surface area contributed by atoms with E-state index in [0.717, 1.165) is 17.2 Å². The van der Waals surface area contributed by atoms with E-state index in [1.807, 2.05) is 16.7 Å². The molecule has 106 valence electrons. The van der Waals surface area contributed by atoms with E-state index in [0.29, 0.717) is 12.5 Å². The van der Waals surface area contributed by atoms with Crippen molar-refractivity contribution in [3.05, 3.63) is 33.0 Å². The largest absolute Gasteiger partial charge is 0.481 e. The van der Waals surface area contributed by atoms with Crippen LogP contribution in [0.2, 0.25) is 0 Å². The molecule has 20 heavy (non-hydrogen) atoms. The third-order valence-electron chi connectivity index (χ3n) is 3.50. The van der Waals surface area contributed by atoms with Crippen molar-refractivity contribution in [2.45, 2.75) is 38.1 Å². The molecule has 1 atom stereocenters. The number of thiazole rings is 1. The Kier molecular flexibility index (Phi) is 4.03. The van der Waals surface area contributed by atoms with E-state index < -0.39 is 5.97 Å². The van der Waals surface area contributed by atoms with Gasteiger partial charge in [0.15, 0.2) is 5.13 Å². The Morgan fingerprint density at radius 1 is 1.50 bits per heavy atom. The van der Waals surface area contributed by atoms with Crippen molar-refractivity contribution in [2.24, 2.45) is 0 Å². The number of carbonyl (C=O) groups is 1. The molecule has 6 heteroatoms. The van der Waals surface area contributed by atoms with Crippen molar-refractivity contribution in [3.63, 3.8) is 0 Å². The first-order valence-corrected chi connectivity index (χ1v) is 8.47. The van der Waals surface area contributed by atoms with Crippen LogP contribution in [0.15, 0.2) is 16.8 Å². The van der Waals surface area contributed by atoms with Crippen LogP contribution < -0.4 is 5.32 Å². The number of rotatable bonds is 5. The summed E-state index contributed by atoms with van der Waals surface area (Å²) in [5.41, 5.74) is 2.27. The number of aromatic nitrogens is 1. The molecule has 0 fully saturated rings. The first-order valence-electron chi connectivity index (χ1n) is 6.71. The van der Waals surface area contributed by atoms with Gasteiger partial charge in [-0.2, -0.15) is 0 Å². The zero-order chi connectivity index (χ0) is 13.9. The summed E-state index contributed by atoms with van der Waals surface area (Å²) in [5.74, 6) is -0.775. The zero-order valence-corrected chi connectivity index (χ0v) is 12.6. The number of carboxylic acids is 1. The molecule has 0 saturated heterocycles. The molecule has 2 aromatic rings. The predicted octanol–water partition coefficient (Wildman–Crippen LogP) is 3.71. The van der Waals surface area contributed by atoms with Crippen LogP contribution in [0, 0.1) is 0 Å². The number of anilines is 1. The van der Waals surface area contributed by atoms with Gasteiger partial charge in [0.25, 0.3) is 0 Å². The van der Waals surface area contributed by atoms with E-state index in [2.05, 4.69) is 21.7 Å². The summed E-state index contributed by atoms with van der Waals surface area (Å²) < 4.78 is 0. The standard InChI is InChI=1S/C14H16N2O2S2/c17-13(18)5-4-9-8-20-14(15-9)16-11-2-1-3-12-10(11)6-7-19-12/h6-8,11H,1-5H2,(H,15,16)(H,17,18). The van der Waals surface area contributed by atoms with Crippen LogP contribution in [0.25, 0.3) is 0 Å². The lowest BCUT2D eigenvalue weighted by Gasteiger charge is -2.23. The van der Waals surface area contributed by atoms with E-state index in [9.17, 15) is 4.79 Å². The van der Waals surface area contributed by atoms with Gasteiger partial charge in [-0.1, -0.05) is 0 Å². The first-order chi connectivity index (χ1) is 9.72. The minimum Gasteiger partial charge on any atom is -0.481 e. The molecule has 0 aromatic carbocycles. The molecule has 0 spiro atoms. The fraction of sp³-hybridized carbons (Fsp3) is 0.429. The van der Waals surface area contributed by atoms with E-state index in [4.69, 9.17) is 5.11 Å². The summed E-state index contributed by atoms with van der Waals surface area (Å²) in [6, 6.07) is 2.55. The minimum atomic E-state index is -0.775. The first kappa shape index (κ1) is 13.6. The van der Waals surface area contributed by atoms with Gasteiger partial charge in [0.1, 0.15) is 0 Å². The number of nitrogens with one attached hydrogen (secondary N) is 1. The minimum absolute atomic E-state index is 0.140. The number of fused-ring (bicyclic) bond motifs is 1. The normalized spacial score (nSPS) is 17.7. The van der Waals surface area contributed by atoms with Gasteiger partial charge < -0.3 is 10.4 Å². The smallest absolute Gasteiger partial charge is 0.303 e. The van der Waals surface area contributed by atoms with Gasteiger partial charge in [-0.15, -0.1) is 22.7 Å². The maximum atomic E-state index is 10.6. The molecule has 0 bridgehead atoms. The highest BCUT2D eigenvalue weighted by molar-refractivity contribution is 7.13. The fourth-order valence-electron chi connectivity index (χ4n) is 2.51. The maximum Gasteiger partial charge on any atom is 0.303 e. The van der Waals surface area contributed by atoms with Crippen molar-refractivity contribution in [2.75, 3.05) is 5.32 Å². The average Bonchev–Trinajstić information content (AvgIpc) is 3.05. The van der Waals surface area contributed by atoms with Gasteiger partial charge in [-0.3, -0.25) is 4.79 Å². The molecule has 3 rings (SSSR count). The lowest BCUT2D eigenvalue weighted by Crippen LogP contribution is -2.15. The van der Waals surface area contributed by atoms with Gasteiger partial charge in [-0.05, 0) is 36.3 Å². The second kappa shape index (κ2) is 5.93. The van der Waals surface area contributed by atoms with Crippen LogP contribution in [0.5, 0.6) is 0 Å². The number of aliphatic carboxylic acids is 1. The number of nitrogens with zero attached hydrogens (tertiary/aromatic N) is 1. The highest BCUT2D eigenvalue weighted by Crippen LogP contribution is 2.36. The molecule has 4 nitrogen and oxygen atoms in total. The van der Waals surface area contributed by atoms with E-state index >= 15 is 0 Å². The van der Waals surface area contributed by atoms with Crippen LogP contribution in [0.3, 0.4) is 0 Å². The second-order valence-electron chi connectivity index (χ2n) is 4.93. The summed E-state index contributed by atoms with van der Waals surface area (Å²) in [7, 11) is 0. The summed E-state index contributed by atoms with van der Waals surface area (Å²) in [5, 5.41) is 17.2. The number of aryl methyl sites for hydroxylation is 2. The summed E-state index contributed by atoms with van der Waals surface area (Å²) in [6.45, 7) is 0. The lowest BCUT2D eigenvalue weighted by atomic mass is 9.94. The van der Waals surface area contributed by atoms with Crippen LogP contribution in [0.4, 0.5) is 5.13 Å². The van der Waals surface area contributed by atoms with Crippen LogP contribution >= 0.6 is 22.7 Å². The average molecular weight is 308 g/mol. The quantitative estimate of drug-likeness (QED) is 0.884. The van der Waals surface area contributed by atoms with E-state index in [1.165, 1.54) is 23.3 Å². The van der Waals surface area contributed by atoms with Gasteiger partial charge in [0.2, 0.25) is 0 Å². The van der Waals surface area contributed by atoms with Crippen molar-refractivity contribution >= 4 is 33.8 Å². The highest BCUT2D eigenvalue weighted by atomic mass is 32.1. The number of hydrogen-bond donors (Lipinski definition) is 2. The highest BCUT2D eigenvalue weighted by Gasteiger charge is 2.21. The summed E-state index contributed by atoms with van der Waals surface area (Å²) in [4.78, 5) is 16.5. The Morgan fingerprint density at radius 3 is 3.25 bits per heavy atom. The van der Waals surface area contributed by atoms with Crippen molar-refractivity contribution < 1.29 is 9.90 Å². The summed E-state index contributed by atoms with van der Waals surface area (Å²) in [6.07, 6.45) is 4.17. The third kappa shape index (κ3) is 3.02. The summed E-state index contributed by atoms with van der Waals surface area (Å²) >= 11 is 3.39. The predicted molar refractivity (Wildman–Crippen MR) is 81.7 cm³/mol.